The third-order valence-electron chi connectivity index (χ3n) is 0.778. The average Bonchev–Trinajstić information content (AvgIpc) is 2.12. The summed E-state index contributed by atoms with van der Waals surface area (Å²) in [6.07, 6.45) is 0. The molecule has 0 aliphatic heterocycles. The minimum absolute atomic E-state index is 0.413. The second-order valence-electron chi connectivity index (χ2n) is 1.51. The Bertz CT molecular complexity index is 255. The highest BCUT2D eigenvalue weighted by Crippen LogP contribution is 1.81. The van der Waals surface area contributed by atoms with Crippen molar-refractivity contribution in [1.29, 1.82) is 10.5 Å². The van der Waals surface area contributed by atoms with Crippen molar-refractivity contribution in [3.8, 4) is 12.1 Å². The smallest absolute Gasteiger partial charge is 0.346 e. The Morgan fingerprint density at radius 2 is 2.08 bits per heavy atom. The number of hydrogen-bond donors (Lipinski definition) is 0. The van der Waals surface area contributed by atoms with E-state index in [1.807, 2.05) is 0 Å². The van der Waals surface area contributed by atoms with E-state index in [9.17, 15) is 4.79 Å². The van der Waals surface area contributed by atoms with Crippen LogP contribution in [0.3, 0.4) is 0 Å². The SMILES string of the molecule is COC(=O)CON=C(C#N)C#N. The minimum Gasteiger partial charge on any atom is -0.466 e. The summed E-state index contributed by atoms with van der Waals surface area (Å²) in [4.78, 5) is 14.7. The molecule has 0 aromatic rings. The van der Waals surface area contributed by atoms with E-state index in [1.165, 1.54) is 19.2 Å². The number of oxime groups is 1. The highest BCUT2D eigenvalue weighted by atomic mass is 16.6. The molecule has 0 fully saturated rings. The normalized spacial score (nSPS) is 7.25. The van der Waals surface area contributed by atoms with Crippen LogP contribution in [0.2, 0.25) is 0 Å². The highest BCUT2D eigenvalue weighted by Gasteiger charge is 1.99. The molecule has 0 bridgehead atoms. The number of carbonyl (C=O) groups is 1. The van der Waals surface area contributed by atoms with E-state index in [0.717, 1.165) is 0 Å². The Morgan fingerprint density at radius 3 is 2.50 bits per heavy atom. The van der Waals surface area contributed by atoms with Crippen LogP contribution < -0.4 is 0 Å². The second kappa shape index (κ2) is 5.69. The van der Waals surface area contributed by atoms with Crippen molar-refractivity contribution in [1.82, 2.24) is 0 Å². The van der Waals surface area contributed by atoms with Crippen molar-refractivity contribution in [3.63, 3.8) is 0 Å². The first-order chi connectivity index (χ1) is 5.74. The summed E-state index contributed by atoms with van der Waals surface area (Å²) in [6, 6.07) is 2.91. The summed E-state index contributed by atoms with van der Waals surface area (Å²) in [6.45, 7) is -0.413. The molecular formula is C6H5N3O3. The van der Waals surface area contributed by atoms with Gasteiger partial charge in [0.05, 0.1) is 7.11 Å². The zero-order chi connectivity index (χ0) is 9.40. The maximum absolute atomic E-state index is 10.4. The molecule has 0 atom stereocenters. The van der Waals surface area contributed by atoms with E-state index >= 15 is 0 Å². The molecule has 0 saturated heterocycles. The quantitative estimate of drug-likeness (QED) is 0.323. The zero-order valence-corrected chi connectivity index (χ0v) is 6.27. The molecule has 0 heterocycles. The zero-order valence-electron chi connectivity index (χ0n) is 6.27. The molecule has 0 spiro atoms. The molecule has 0 aliphatic carbocycles. The molecule has 0 aliphatic rings. The first-order valence-corrected chi connectivity index (χ1v) is 2.81. The molecule has 6 heteroatoms. The van der Waals surface area contributed by atoms with Crippen molar-refractivity contribution < 1.29 is 14.4 Å². The van der Waals surface area contributed by atoms with Crippen molar-refractivity contribution in [2.75, 3.05) is 13.7 Å². The van der Waals surface area contributed by atoms with Crippen molar-refractivity contribution in [3.05, 3.63) is 0 Å². The lowest BCUT2D eigenvalue weighted by molar-refractivity contribution is -0.145. The summed E-state index contributed by atoms with van der Waals surface area (Å²) in [5, 5.41) is 19.3. The van der Waals surface area contributed by atoms with Crippen LogP contribution in [0.4, 0.5) is 0 Å². The van der Waals surface area contributed by atoms with Crippen molar-refractivity contribution >= 4 is 11.7 Å². The Balaban J connectivity index is 3.84. The van der Waals surface area contributed by atoms with Crippen LogP contribution in [0.15, 0.2) is 5.16 Å². The maximum Gasteiger partial charge on any atom is 0.346 e. The molecule has 62 valence electrons. The van der Waals surface area contributed by atoms with Gasteiger partial charge in [-0.3, -0.25) is 0 Å². The van der Waals surface area contributed by atoms with Gasteiger partial charge < -0.3 is 9.57 Å². The number of esters is 1. The summed E-state index contributed by atoms with van der Waals surface area (Å²) in [5.74, 6) is -0.631. The monoisotopic (exact) mass is 167 g/mol. The van der Waals surface area contributed by atoms with E-state index < -0.39 is 18.3 Å². The molecule has 0 radical (unpaired) electrons. The van der Waals surface area contributed by atoms with Gasteiger partial charge >= 0.3 is 5.97 Å². The summed E-state index contributed by atoms with van der Waals surface area (Å²) in [5.41, 5.74) is -0.445. The van der Waals surface area contributed by atoms with E-state index in [2.05, 4.69) is 14.7 Å². The lowest BCUT2D eigenvalue weighted by atomic mass is 10.5. The first kappa shape index (κ1) is 9.92. The summed E-state index contributed by atoms with van der Waals surface area (Å²) < 4.78 is 4.20. The predicted molar refractivity (Wildman–Crippen MR) is 36.6 cm³/mol. The molecule has 0 aromatic carbocycles. The molecule has 0 rings (SSSR count). The van der Waals surface area contributed by atoms with Crippen LogP contribution in [-0.4, -0.2) is 25.4 Å². The van der Waals surface area contributed by atoms with Gasteiger partial charge in [0, 0.05) is 0 Å². The fraction of sp³-hybridized carbons (Fsp3) is 0.333. The number of rotatable bonds is 3. The van der Waals surface area contributed by atoms with Crippen LogP contribution in [0.5, 0.6) is 0 Å². The summed E-state index contributed by atoms with van der Waals surface area (Å²) >= 11 is 0. The standard InChI is InChI=1S/C6H5N3O3/c1-11-6(10)4-12-9-5(2-7)3-8/h4H2,1H3. The fourth-order valence-corrected chi connectivity index (χ4v) is 0.274. The molecule has 0 N–H and O–H groups in total. The first-order valence-electron chi connectivity index (χ1n) is 2.81. The lowest BCUT2D eigenvalue weighted by Gasteiger charge is -1.95. The minimum atomic E-state index is -0.631. The van der Waals surface area contributed by atoms with E-state index in [-0.39, 0.29) is 0 Å². The van der Waals surface area contributed by atoms with Gasteiger partial charge in [0.1, 0.15) is 12.1 Å². The molecule has 6 nitrogen and oxygen atoms in total. The molecule has 0 saturated carbocycles. The Labute approximate surface area is 68.6 Å². The molecule has 0 unspecified atom stereocenters. The number of carbonyl (C=O) groups excluding carboxylic acids is 1. The lowest BCUT2D eigenvalue weighted by Crippen LogP contribution is -2.08. The second-order valence-corrected chi connectivity index (χ2v) is 1.51. The average molecular weight is 167 g/mol. The molecule has 0 amide bonds. The van der Waals surface area contributed by atoms with E-state index in [1.54, 1.807) is 0 Å². The number of methoxy groups -OCH3 is 1. The van der Waals surface area contributed by atoms with Crippen LogP contribution >= 0.6 is 0 Å². The van der Waals surface area contributed by atoms with Crippen LogP contribution in [0, 0.1) is 22.7 Å². The van der Waals surface area contributed by atoms with Gasteiger partial charge in [-0.05, 0) is 0 Å². The Hall–Kier alpha value is -2.08. The third-order valence-corrected chi connectivity index (χ3v) is 0.778. The number of hydrogen-bond acceptors (Lipinski definition) is 6. The topological polar surface area (TPSA) is 95.5 Å². The number of nitriles is 2. The Kier molecular flexibility index (Phi) is 4.70. The van der Waals surface area contributed by atoms with Gasteiger partial charge in [-0.1, -0.05) is 5.16 Å². The van der Waals surface area contributed by atoms with Gasteiger partial charge in [-0.2, -0.15) is 10.5 Å². The number of ether oxygens (including phenoxy) is 1. The van der Waals surface area contributed by atoms with Gasteiger partial charge in [-0.25, -0.2) is 4.79 Å². The van der Waals surface area contributed by atoms with Gasteiger partial charge in [-0.15, -0.1) is 0 Å². The van der Waals surface area contributed by atoms with Gasteiger partial charge in [0.15, 0.2) is 0 Å². The fourth-order valence-electron chi connectivity index (χ4n) is 0.274. The summed E-state index contributed by atoms with van der Waals surface area (Å²) in [7, 11) is 1.19. The molecular weight excluding hydrogens is 162 g/mol. The molecule has 0 aromatic heterocycles. The van der Waals surface area contributed by atoms with Gasteiger partial charge in [0.2, 0.25) is 6.61 Å². The van der Waals surface area contributed by atoms with Crippen molar-refractivity contribution in [2.45, 2.75) is 0 Å². The molecule has 12 heavy (non-hydrogen) atoms. The number of nitrogens with zero attached hydrogens (tertiary/aromatic N) is 3. The van der Waals surface area contributed by atoms with Crippen LogP contribution in [-0.2, 0) is 14.4 Å². The van der Waals surface area contributed by atoms with Crippen molar-refractivity contribution in [2.24, 2.45) is 5.16 Å². The van der Waals surface area contributed by atoms with E-state index in [4.69, 9.17) is 10.5 Å². The maximum atomic E-state index is 10.4. The van der Waals surface area contributed by atoms with E-state index in [0.29, 0.717) is 0 Å². The third kappa shape index (κ3) is 3.85. The predicted octanol–water partition coefficient (Wildman–Crippen LogP) is -0.421. The van der Waals surface area contributed by atoms with Crippen LogP contribution in [0.1, 0.15) is 0 Å². The largest absolute Gasteiger partial charge is 0.466 e. The highest BCUT2D eigenvalue weighted by molar-refractivity contribution is 6.09. The van der Waals surface area contributed by atoms with Crippen LogP contribution in [0.25, 0.3) is 0 Å². The van der Waals surface area contributed by atoms with Gasteiger partial charge in [0.25, 0.3) is 5.71 Å². The Morgan fingerprint density at radius 1 is 1.50 bits per heavy atom.